The minimum atomic E-state index is -3.34. The quantitative estimate of drug-likeness (QED) is 0.779. The van der Waals surface area contributed by atoms with E-state index in [1.54, 1.807) is 6.92 Å². The molecule has 2 aliphatic heterocycles. The standard InChI is InChI=1S/C21H32N4O4S/c1-2-30(28,29)24-13-11-17-16(14-24)20(26)23-19(22-17)18-10-6-7-12-25(18)21(27)15-8-4-3-5-9-15/h15,18H,2-14H2,1H3,(H,22,23,26)/t18-/m1/s1. The van der Waals surface area contributed by atoms with Crippen molar-refractivity contribution in [3.8, 4) is 0 Å². The number of likely N-dealkylation sites (tertiary alicyclic amines) is 1. The lowest BCUT2D eigenvalue weighted by Crippen LogP contribution is -2.44. The SMILES string of the molecule is CCS(=O)(=O)N1CCc2nc([C@H]3CCCCN3C(=O)C3CCCCC3)[nH]c(=O)c2C1. The average molecular weight is 437 g/mol. The highest BCUT2D eigenvalue weighted by atomic mass is 32.2. The second-order valence-electron chi connectivity index (χ2n) is 8.74. The van der Waals surface area contributed by atoms with Crippen molar-refractivity contribution in [1.82, 2.24) is 19.2 Å². The molecule has 3 aliphatic rings. The van der Waals surface area contributed by atoms with E-state index < -0.39 is 10.0 Å². The fourth-order valence-corrected chi connectivity index (χ4v) is 6.12. The summed E-state index contributed by atoms with van der Waals surface area (Å²) in [6, 6.07) is -0.191. The summed E-state index contributed by atoms with van der Waals surface area (Å²) in [7, 11) is -3.34. The van der Waals surface area contributed by atoms with Gasteiger partial charge in [0.25, 0.3) is 5.56 Å². The Kier molecular flexibility index (Phi) is 6.29. The highest BCUT2D eigenvalue weighted by Crippen LogP contribution is 2.34. The Balaban J connectivity index is 1.60. The van der Waals surface area contributed by atoms with Gasteiger partial charge in [0, 0.05) is 32.0 Å². The van der Waals surface area contributed by atoms with Gasteiger partial charge in [-0.25, -0.2) is 13.4 Å². The number of nitrogens with one attached hydrogen (secondary N) is 1. The number of carbonyl (C=O) groups is 1. The van der Waals surface area contributed by atoms with E-state index in [0.29, 0.717) is 36.6 Å². The zero-order chi connectivity index (χ0) is 21.3. The van der Waals surface area contributed by atoms with E-state index in [2.05, 4.69) is 4.98 Å². The van der Waals surface area contributed by atoms with Gasteiger partial charge in [-0.1, -0.05) is 19.3 Å². The summed E-state index contributed by atoms with van der Waals surface area (Å²) >= 11 is 0. The molecule has 1 aromatic heterocycles. The molecular weight excluding hydrogens is 404 g/mol. The Morgan fingerprint density at radius 3 is 2.57 bits per heavy atom. The highest BCUT2D eigenvalue weighted by Gasteiger charge is 2.35. The van der Waals surface area contributed by atoms with Gasteiger partial charge in [0.05, 0.1) is 23.1 Å². The van der Waals surface area contributed by atoms with Crippen LogP contribution in [0.1, 0.15) is 81.4 Å². The van der Waals surface area contributed by atoms with Gasteiger partial charge >= 0.3 is 0 Å². The van der Waals surface area contributed by atoms with Crippen molar-refractivity contribution in [2.24, 2.45) is 5.92 Å². The number of hydrogen-bond donors (Lipinski definition) is 1. The molecule has 0 radical (unpaired) electrons. The number of amides is 1. The van der Waals surface area contributed by atoms with Crippen LogP contribution in [-0.2, 0) is 27.8 Å². The summed E-state index contributed by atoms with van der Waals surface area (Å²) in [5, 5.41) is 0. The van der Waals surface area contributed by atoms with E-state index in [0.717, 1.165) is 44.9 Å². The third-order valence-electron chi connectivity index (χ3n) is 6.87. The van der Waals surface area contributed by atoms with Gasteiger partial charge in [-0.2, -0.15) is 4.31 Å². The Bertz CT molecular complexity index is 952. The van der Waals surface area contributed by atoms with Crippen LogP contribution in [0.3, 0.4) is 0 Å². The van der Waals surface area contributed by atoms with E-state index in [-0.39, 0.29) is 35.7 Å². The zero-order valence-corrected chi connectivity index (χ0v) is 18.5. The number of rotatable bonds is 4. The first-order valence-corrected chi connectivity index (χ1v) is 12.9. The summed E-state index contributed by atoms with van der Waals surface area (Å²) in [6.45, 7) is 2.73. The largest absolute Gasteiger partial charge is 0.332 e. The molecule has 30 heavy (non-hydrogen) atoms. The maximum atomic E-state index is 13.2. The van der Waals surface area contributed by atoms with Crippen molar-refractivity contribution in [3.05, 3.63) is 27.4 Å². The predicted octanol–water partition coefficient (Wildman–Crippen LogP) is 2.11. The average Bonchev–Trinajstić information content (AvgIpc) is 2.79. The van der Waals surface area contributed by atoms with Crippen LogP contribution >= 0.6 is 0 Å². The number of sulfonamides is 1. The number of hydrogen-bond acceptors (Lipinski definition) is 5. The van der Waals surface area contributed by atoms with Gasteiger partial charge in [0.1, 0.15) is 5.82 Å². The minimum absolute atomic E-state index is 0.0199. The maximum Gasteiger partial charge on any atom is 0.255 e. The third kappa shape index (κ3) is 4.19. The van der Waals surface area contributed by atoms with Crippen LogP contribution in [0.25, 0.3) is 0 Å². The normalized spacial score (nSPS) is 23.9. The van der Waals surface area contributed by atoms with E-state index in [9.17, 15) is 18.0 Å². The molecule has 1 amide bonds. The summed E-state index contributed by atoms with van der Waals surface area (Å²) in [4.78, 5) is 35.7. The molecular formula is C21H32N4O4S. The van der Waals surface area contributed by atoms with Crippen molar-refractivity contribution >= 4 is 15.9 Å². The van der Waals surface area contributed by atoms with Crippen LogP contribution in [0.4, 0.5) is 0 Å². The molecule has 2 fully saturated rings. The first kappa shape index (κ1) is 21.5. The fraction of sp³-hybridized carbons (Fsp3) is 0.762. The van der Waals surface area contributed by atoms with Gasteiger partial charge in [0.15, 0.2) is 0 Å². The Morgan fingerprint density at radius 2 is 1.83 bits per heavy atom. The lowest BCUT2D eigenvalue weighted by atomic mass is 9.87. The van der Waals surface area contributed by atoms with Gasteiger partial charge < -0.3 is 9.88 Å². The molecule has 1 saturated carbocycles. The molecule has 0 spiro atoms. The molecule has 1 N–H and O–H groups in total. The van der Waals surface area contributed by atoms with Crippen LogP contribution in [0.5, 0.6) is 0 Å². The number of piperidine rings is 1. The first-order chi connectivity index (χ1) is 14.4. The topological polar surface area (TPSA) is 103 Å². The monoisotopic (exact) mass is 436 g/mol. The smallest absolute Gasteiger partial charge is 0.255 e. The number of fused-ring (bicyclic) bond motifs is 1. The molecule has 8 nitrogen and oxygen atoms in total. The number of H-pyrrole nitrogens is 1. The molecule has 1 saturated heterocycles. The van der Waals surface area contributed by atoms with E-state index >= 15 is 0 Å². The lowest BCUT2D eigenvalue weighted by Gasteiger charge is -2.38. The minimum Gasteiger partial charge on any atom is -0.332 e. The zero-order valence-electron chi connectivity index (χ0n) is 17.7. The molecule has 9 heteroatoms. The van der Waals surface area contributed by atoms with Crippen LogP contribution < -0.4 is 5.56 Å². The van der Waals surface area contributed by atoms with Crippen LogP contribution in [-0.4, -0.2) is 52.3 Å². The number of nitrogens with zero attached hydrogens (tertiary/aromatic N) is 3. The molecule has 1 aliphatic carbocycles. The number of aromatic amines is 1. The molecule has 0 aromatic carbocycles. The van der Waals surface area contributed by atoms with Gasteiger partial charge in [-0.05, 0) is 39.0 Å². The molecule has 3 heterocycles. The second kappa shape index (κ2) is 8.78. The van der Waals surface area contributed by atoms with Gasteiger partial charge in [0.2, 0.25) is 15.9 Å². The Morgan fingerprint density at radius 1 is 1.10 bits per heavy atom. The van der Waals surface area contributed by atoms with Crippen molar-refractivity contribution in [1.29, 1.82) is 0 Å². The van der Waals surface area contributed by atoms with Gasteiger partial charge in [-0.15, -0.1) is 0 Å². The molecule has 0 unspecified atom stereocenters. The van der Waals surface area contributed by atoms with Crippen molar-refractivity contribution in [3.63, 3.8) is 0 Å². The molecule has 1 atom stereocenters. The molecule has 1 aromatic rings. The van der Waals surface area contributed by atoms with Crippen LogP contribution in [0, 0.1) is 5.92 Å². The molecule has 0 bridgehead atoms. The Labute approximate surface area is 178 Å². The van der Waals surface area contributed by atoms with Crippen LogP contribution in [0.15, 0.2) is 4.79 Å². The highest BCUT2D eigenvalue weighted by molar-refractivity contribution is 7.89. The summed E-state index contributed by atoms with van der Waals surface area (Å²) < 4.78 is 25.8. The Hall–Kier alpha value is -1.74. The number of carbonyl (C=O) groups excluding carboxylic acids is 1. The summed E-state index contributed by atoms with van der Waals surface area (Å²) in [5.74, 6) is 0.886. The lowest BCUT2D eigenvalue weighted by molar-refractivity contribution is -0.140. The second-order valence-corrected chi connectivity index (χ2v) is 11.0. The van der Waals surface area contributed by atoms with Crippen LogP contribution in [0.2, 0.25) is 0 Å². The van der Waals surface area contributed by atoms with Crippen molar-refractivity contribution in [2.45, 2.75) is 77.3 Å². The molecule has 4 rings (SSSR count). The third-order valence-corrected chi connectivity index (χ3v) is 8.69. The number of aromatic nitrogens is 2. The molecule has 166 valence electrons. The first-order valence-electron chi connectivity index (χ1n) is 11.3. The maximum absolute atomic E-state index is 13.2. The van der Waals surface area contributed by atoms with E-state index in [1.807, 2.05) is 4.90 Å². The van der Waals surface area contributed by atoms with Crippen molar-refractivity contribution in [2.75, 3.05) is 18.8 Å². The predicted molar refractivity (Wildman–Crippen MR) is 113 cm³/mol. The van der Waals surface area contributed by atoms with Crippen molar-refractivity contribution < 1.29 is 13.2 Å². The summed E-state index contributed by atoms with van der Waals surface area (Å²) in [5.41, 5.74) is 0.830. The van der Waals surface area contributed by atoms with E-state index in [1.165, 1.54) is 10.7 Å². The summed E-state index contributed by atoms with van der Waals surface area (Å²) in [6.07, 6.45) is 8.55. The van der Waals surface area contributed by atoms with Gasteiger partial charge in [-0.3, -0.25) is 9.59 Å². The fourth-order valence-electron chi connectivity index (χ4n) is 5.06. The van der Waals surface area contributed by atoms with E-state index in [4.69, 9.17) is 4.98 Å².